The number of hydrogen-bond donors (Lipinski definition) is 26. The molecule has 0 atom stereocenters. The minimum Gasteiger partial charge on any atom is -0.506 e. The van der Waals surface area contributed by atoms with Crippen LogP contribution in [0, 0.1) is 0 Å². The average Bonchev–Trinajstić information content (AvgIpc) is 3.84. The van der Waals surface area contributed by atoms with Crippen LogP contribution in [0.3, 0.4) is 0 Å². The Hall–Kier alpha value is -10.5. The molecule has 1 aromatic heterocycles. The molecule has 0 spiro atoms. The van der Waals surface area contributed by atoms with Gasteiger partial charge in [-0.3, -0.25) is 0 Å². The van der Waals surface area contributed by atoms with E-state index in [-0.39, 0.29) is 0 Å². The highest BCUT2D eigenvalue weighted by molar-refractivity contribution is 6.34. The summed E-state index contributed by atoms with van der Waals surface area (Å²) in [6.07, 6.45) is 0. The molecule has 0 fully saturated rings. The number of aliphatic hydroxyl groups is 2. The van der Waals surface area contributed by atoms with Crippen LogP contribution in [0.5, 0.6) is 138 Å². The number of phenols is 24. The third-order valence-corrected chi connectivity index (χ3v) is 12.4. The van der Waals surface area contributed by atoms with Crippen LogP contribution in [-0.2, 0) is 5.79 Å². The van der Waals surface area contributed by atoms with Crippen molar-refractivity contribution in [2.75, 3.05) is 0 Å². The molecule has 27 heteroatoms. The topological polar surface area (TPSA) is 539 Å². The molecule has 0 saturated carbocycles. The normalized spacial score (nSPS) is 13.1. The second kappa shape index (κ2) is 12.9. The average molecular weight is 975 g/mol. The quantitative estimate of drug-likeness (QED) is 0.0510. The molecule has 0 aliphatic heterocycles. The van der Waals surface area contributed by atoms with Crippen molar-refractivity contribution in [1.82, 2.24) is 0 Å². The van der Waals surface area contributed by atoms with Gasteiger partial charge in [0, 0.05) is 65.7 Å². The van der Waals surface area contributed by atoms with Gasteiger partial charge < -0.3 is 137 Å². The van der Waals surface area contributed by atoms with Gasteiger partial charge in [-0.2, -0.15) is 0 Å². The fourth-order valence-electron chi connectivity index (χ4n) is 9.40. The molecule has 1 heterocycles. The zero-order valence-corrected chi connectivity index (χ0v) is 33.5. The molecular formula is C43H26O27. The van der Waals surface area contributed by atoms with Gasteiger partial charge in [0.15, 0.2) is 80.2 Å². The smallest absolute Gasteiger partial charge is 0.223 e. The minimum atomic E-state index is -4.08. The minimum absolute atomic E-state index is 0.951. The second-order valence-corrected chi connectivity index (χ2v) is 15.8. The summed E-state index contributed by atoms with van der Waals surface area (Å²) in [5.74, 6) is -43.7. The summed E-state index contributed by atoms with van der Waals surface area (Å²) in [6.45, 7) is 0. The Morgan fingerprint density at radius 1 is 0.186 bits per heavy atom. The molecular weight excluding hydrogens is 948 g/mol. The van der Waals surface area contributed by atoms with Gasteiger partial charge in [0.05, 0.1) is 21.9 Å². The summed E-state index contributed by atoms with van der Waals surface area (Å²) in [5, 5.41) is 283. The molecule has 1 aliphatic rings. The highest BCUT2D eigenvalue weighted by Gasteiger charge is 2.52. The van der Waals surface area contributed by atoms with Gasteiger partial charge in [-0.05, 0) is 0 Å². The van der Waals surface area contributed by atoms with Crippen LogP contribution in [0.15, 0.2) is 4.42 Å². The lowest BCUT2D eigenvalue weighted by Crippen LogP contribution is -2.24. The lowest BCUT2D eigenvalue weighted by molar-refractivity contribution is -0.129. The summed E-state index contributed by atoms with van der Waals surface area (Å²) in [4.78, 5) is 0. The van der Waals surface area contributed by atoms with Gasteiger partial charge in [-0.1, -0.05) is 0 Å². The van der Waals surface area contributed by atoms with E-state index in [9.17, 15) is 133 Å². The highest BCUT2D eigenvalue weighted by atomic mass is 16.5. The number of furan rings is 1. The maximum atomic E-state index is 12.4. The van der Waals surface area contributed by atoms with E-state index in [4.69, 9.17) is 4.42 Å². The molecule has 9 aromatic rings. The predicted molar refractivity (Wildman–Crippen MR) is 228 cm³/mol. The standard InChI is InChI=1S/C43H26O27/c44-17-12(27(54)40(67)42-14(17)8-7-13(28(55)39(66)41(8)70-42)26(53)37(64)35(62)22(7)49)2-5-3(18(45)31(58)33(60)20(5)47)1(4-6(2)21(48)34(61)32(59)19(4)46)9-15-10(24(51)30(57)23(9)50)11-16(43(15,68)69)29(56)38(65)36(63)25(11)52/h44-69H. The van der Waals surface area contributed by atoms with Gasteiger partial charge in [0.1, 0.15) is 5.75 Å². The van der Waals surface area contributed by atoms with Crippen molar-refractivity contribution in [1.29, 1.82) is 0 Å². The zero-order chi connectivity index (χ0) is 51.5. The van der Waals surface area contributed by atoms with E-state index in [1.165, 1.54) is 0 Å². The zero-order valence-electron chi connectivity index (χ0n) is 33.5. The fraction of sp³-hybridized carbons (Fsp3) is 0.0233. The summed E-state index contributed by atoms with van der Waals surface area (Å²) >= 11 is 0. The number of aromatic hydroxyl groups is 24. The number of benzene rings is 8. The van der Waals surface area contributed by atoms with E-state index in [1.807, 2.05) is 0 Å². The van der Waals surface area contributed by atoms with Gasteiger partial charge in [0.25, 0.3) is 0 Å². The largest absolute Gasteiger partial charge is 0.506 e. The molecule has 0 unspecified atom stereocenters. The monoisotopic (exact) mass is 974 g/mol. The Morgan fingerprint density at radius 3 is 0.900 bits per heavy atom. The first-order valence-corrected chi connectivity index (χ1v) is 19.0. The first-order valence-electron chi connectivity index (χ1n) is 19.0. The lowest BCUT2D eigenvalue weighted by Gasteiger charge is -2.27. The van der Waals surface area contributed by atoms with Crippen LogP contribution >= 0.6 is 0 Å². The van der Waals surface area contributed by atoms with Crippen LogP contribution in [-0.4, -0.2) is 133 Å². The van der Waals surface area contributed by atoms with Crippen molar-refractivity contribution >= 4 is 54.3 Å². The number of hydrogen-bond acceptors (Lipinski definition) is 27. The molecule has 26 N–H and O–H groups in total. The van der Waals surface area contributed by atoms with Crippen molar-refractivity contribution in [3.63, 3.8) is 0 Å². The fourth-order valence-corrected chi connectivity index (χ4v) is 9.40. The van der Waals surface area contributed by atoms with Gasteiger partial charge in [0.2, 0.25) is 69.0 Å². The van der Waals surface area contributed by atoms with E-state index in [0.29, 0.717) is 0 Å². The number of phenolic OH excluding ortho intramolecular Hbond substituents is 24. The Bertz CT molecular complexity index is 3990. The first kappa shape index (κ1) is 43.4. The van der Waals surface area contributed by atoms with E-state index in [1.54, 1.807) is 0 Å². The Balaban J connectivity index is 1.54. The van der Waals surface area contributed by atoms with Crippen LogP contribution in [0.1, 0.15) is 11.1 Å². The van der Waals surface area contributed by atoms with Crippen LogP contribution in [0.4, 0.5) is 0 Å². The Morgan fingerprint density at radius 2 is 0.457 bits per heavy atom. The third-order valence-electron chi connectivity index (χ3n) is 12.4. The Kier molecular flexibility index (Phi) is 7.97. The second-order valence-electron chi connectivity index (χ2n) is 15.8. The van der Waals surface area contributed by atoms with Crippen molar-refractivity contribution in [3.8, 4) is 171 Å². The van der Waals surface area contributed by atoms with E-state index in [0.717, 1.165) is 0 Å². The molecule has 27 nitrogen and oxygen atoms in total. The summed E-state index contributed by atoms with van der Waals surface area (Å²) < 4.78 is 5.45. The molecule has 0 radical (unpaired) electrons. The molecule has 70 heavy (non-hydrogen) atoms. The first-order chi connectivity index (χ1) is 32.6. The maximum absolute atomic E-state index is 12.4. The van der Waals surface area contributed by atoms with Gasteiger partial charge in [-0.25, -0.2) is 0 Å². The molecule has 360 valence electrons. The lowest BCUT2D eigenvalue weighted by atomic mass is 9.80. The molecule has 8 aromatic carbocycles. The summed E-state index contributed by atoms with van der Waals surface area (Å²) in [7, 11) is 0. The van der Waals surface area contributed by atoms with E-state index >= 15 is 0 Å². The van der Waals surface area contributed by atoms with Crippen molar-refractivity contribution in [2.45, 2.75) is 5.79 Å². The molecule has 10 rings (SSSR count). The molecule has 0 amide bonds. The summed E-state index contributed by atoms with van der Waals surface area (Å²) in [5.41, 5.74) is -13.6. The van der Waals surface area contributed by atoms with E-state index in [2.05, 4.69) is 0 Å². The summed E-state index contributed by atoms with van der Waals surface area (Å²) in [6, 6.07) is 0. The van der Waals surface area contributed by atoms with Crippen LogP contribution < -0.4 is 0 Å². The predicted octanol–water partition coefficient (Wildman–Crippen LogP) is 3.48. The van der Waals surface area contributed by atoms with Crippen LogP contribution in [0.25, 0.3) is 87.6 Å². The van der Waals surface area contributed by atoms with Crippen molar-refractivity contribution in [2.24, 2.45) is 0 Å². The highest BCUT2D eigenvalue weighted by Crippen LogP contribution is 2.71. The van der Waals surface area contributed by atoms with Crippen LogP contribution in [0.2, 0.25) is 0 Å². The SMILES string of the molecule is Oc1c(O)c(O)c2c(c1O)-c1c(O)c(O)c(O)c(-c3c4c(O)c(O)c(O)c(O)c4c(-c4c(O)c(O)c5oc6c(O)c(O)c7c(O)c(O)c(O)c(O)c7c6c5c4O)c4c(O)c(O)c(O)c(O)c34)c1C2(O)O. The van der Waals surface area contributed by atoms with Gasteiger partial charge >= 0.3 is 0 Å². The van der Waals surface area contributed by atoms with E-state index < -0.39 is 243 Å². The third kappa shape index (κ3) is 4.51. The number of rotatable bonds is 2. The Labute approximate surface area is 379 Å². The van der Waals surface area contributed by atoms with Crippen molar-refractivity contribution in [3.05, 3.63) is 11.1 Å². The number of fused-ring (bicyclic) bond motifs is 10. The van der Waals surface area contributed by atoms with Crippen molar-refractivity contribution < 1.29 is 137 Å². The molecule has 1 aliphatic carbocycles. The van der Waals surface area contributed by atoms with Gasteiger partial charge in [-0.15, -0.1) is 0 Å². The molecule has 0 bridgehead atoms. The maximum Gasteiger partial charge on any atom is 0.223 e. The molecule has 0 saturated heterocycles.